The molecule has 2 N–H and O–H groups in total. The molecule has 1 aromatic heterocycles. The highest BCUT2D eigenvalue weighted by atomic mass is 79.9. The van der Waals surface area contributed by atoms with Crippen LogP contribution in [0, 0.1) is 11.8 Å². The van der Waals surface area contributed by atoms with Crippen molar-refractivity contribution in [3.8, 4) is 0 Å². The van der Waals surface area contributed by atoms with Gasteiger partial charge in [-0.15, -0.1) is 11.3 Å². The number of amides is 2. The van der Waals surface area contributed by atoms with Crippen LogP contribution in [0.25, 0.3) is 0 Å². The minimum atomic E-state index is -0.416. The van der Waals surface area contributed by atoms with Gasteiger partial charge >= 0.3 is 0 Å². The lowest BCUT2D eigenvalue weighted by Gasteiger charge is -2.24. The van der Waals surface area contributed by atoms with Crippen LogP contribution in [0.3, 0.4) is 0 Å². The third kappa shape index (κ3) is 2.21. The van der Waals surface area contributed by atoms with E-state index in [9.17, 15) is 9.59 Å². The van der Waals surface area contributed by atoms with Gasteiger partial charge in [-0.25, -0.2) is 0 Å². The first-order valence-corrected chi connectivity index (χ1v) is 8.09. The second-order valence-corrected chi connectivity index (χ2v) is 7.12. The first kappa shape index (κ1) is 13.1. The fraction of sp³-hybridized carbons (Fsp3) is 0.538. The normalized spacial score (nSPS) is 29.5. The number of nitrogens with zero attached hydrogens (tertiary/aromatic N) is 1. The van der Waals surface area contributed by atoms with E-state index >= 15 is 0 Å². The monoisotopic (exact) mass is 342 g/mol. The maximum Gasteiger partial charge on any atom is 0.264 e. The zero-order chi connectivity index (χ0) is 13.6. The molecule has 3 rings (SSSR count). The van der Waals surface area contributed by atoms with Crippen molar-refractivity contribution in [2.75, 3.05) is 6.54 Å². The number of thiophene rings is 1. The molecule has 1 saturated carbocycles. The Bertz CT molecular complexity index is 530. The summed E-state index contributed by atoms with van der Waals surface area (Å²) in [6.07, 6.45) is 3.26. The molecule has 1 aliphatic heterocycles. The summed E-state index contributed by atoms with van der Waals surface area (Å²) in [6, 6.07) is 1.39. The maximum atomic E-state index is 12.5. The zero-order valence-electron chi connectivity index (χ0n) is 10.3. The number of fused-ring (bicyclic) bond motifs is 1. The molecule has 1 aromatic rings. The Kier molecular flexibility index (Phi) is 3.39. The molecule has 0 aromatic carbocycles. The van der Waals surface area contributed by atoms with Gasteiger partial charge in [0.1, 0.15) is 6.04 Å². The fourth-order valence-corrected chi connectivity index (χ4v) is 4.83. The number of primary amides is 1. The highest BCUT2D eigenvalue weighted by molar-refractivity contribution is 9.10. The summed E-state index contributed by atoms with van der Waals surface area (Å²) in [7, 11) is 0. The van der Waals surface area contributed by atoms with Gasteiger partial charge in [-0.05, 0) is 46.7 Å². The standard InChI is InChI=1S/C13H15BrN2O2S/c14-8-4-10(19-6-8)13(18)16-5-7-2-1-3-9(7)11(16)12(15)17/h4,6-7,9,11H,1-3,5H2,(H2,15,17). The molecular weight excluding hydrogens is 328 g/mol. The molecule has 2 aliphatic rings. The average Bonchev–Trinajstić information content (AvgIpc) is 3.00. The molecule has 0 bridgehead atoms. The number of hydrogen-bond donors (Lipinski definition) is 1. The number of hydrogen-bond acceptors (Lipinski definition) is 3. The molecule has 1 aliphatic carbocycles. The number of carbonyl (C=O) groups is 2. The van der Waals surface area contributed by atoms with Gasteiger partial charge in [0.05, 0.1) is 4.88 Å². The Hall–Kier alpha value is -0.880. The highest BCUT2D eigenvalue weighted by Crippen LogP contribution is 2.42. The predicted octanol–water partition coefficient (Wildman–Crippen LogP) is 2.24. The Morgan fingerprint density at radius 2 is 2.21 bits per heavy atom. The van der Waals surface area contributed by atoms with Crippen LogP contribution in [0.2, 0.25) is 0 Å². The van der Waals surface area contributed by atoms with Gasteiger partial charge < -0.3 is 10.6 Å². The van der Waals surface area contributed by atoms with Gasteiger partial charge in [0.2, 0.25) is 5.91 Å². The fourth-order valence-electron chi connectivity index (χ4n) is 3.45. The highest BCUT2D eigenvalue weighted by Gasteiger charge is 2.48. The molecule has 102 valence electrons. The maximum absolute atomic E-state index is 12.5. The third-order valence-corrected chi connectivity index (χ3v) is 5.90. The average molecular weight is 343 g/mol. The van der Waals surface area contributed by atoms with Gasteiger partial charge in [-0.1, -0.05) is 6.42 Å². The van der Waals surface area contributed by atoms with Crippen molar-refractivity contribution in [1.29, 1.82) is 0 Å². The number of likely N-dealkylation sites (tertiary alicyclic amines) is 1. The molecule has 6 heteroatoms. The smallest absolute Gasteiger partial charge is 0.264 e. The van der Waals surface area contributed by atoms with Crippen LogP contribution in [0.5, 0.6) is 0 Å². The molecule has 2 amide bonds. The minimum Gasteiger partial charge on any atom is -0.368 e. The van der Waals surface area contributed by atoms with E-state index in [0.717, 1.165) is 23.7 Å². The van der Waals surface area contributed by atoms with E-state index in [1.807, 2.05) is 5.38 Å². The summed E-state index contributed by atoms with van der Waals surface area (Å²) >= 11 is 4.75. The number of carbonyl (C=O) groups excluding carboxylic acids is 2. The number of halogens is 1. The van der Waals surface area contributed by atoms with Crippen LogP contribution in [-0.4, -0.2) is 29.3 Å². The molecule has 1 saturated heterocycles. The van der Waals surface area contributed by atoms with Crippen LogP contribution in [-0.2, 0) is 4.79 Å². The second-order valence-electron chi connectivity index (χ2n) is 5.29. The summed E-state index contributed by atoms with van der Waals surface area (Å²) in [5.74, 6) is 0.293. The van der Waals surface area contributed by atoms with Gasteiger partial charge in [-0.2, -0.15) is 0 Å². The Morgan fingerprint density at radius 1 is 1.42 bits per heavy atom. The number of nitrogens with two attached hydrogens (primary N) is 1. The lowest BCUT2D eigenvalue weighted by molar-refractivity contribution is -0.122. The van der Waals surface area contributed by atoms with Gasteiger partial charge in [0, 0.05) is 16.4 Å². The van der Waals surface area contributed by atoms with Crippen molar-refractivity contribution in [1.82, 2.24) is 4.90 Å². The molecule has 2 heterocycles. The van der Waals surface area contributed by atoms with Crippen molar-refractivity contribution >= 4 is 39.1 Å². The first-order chi connectivity index (χ1) is 9.08. The Labute approximate surface area is 124 Å². The van der Waals surface area contributed by atoms with E-state index in [1.165, 1.54) is 11.3 Å². The zero-order valence-corrected chi connectivity index (χ0v) is 12.7. The van der Waals surface area contributed by atoms with Crippen LogP contribution in [0.4, 0.5) is 0 Å². The van der Waals surface area contributed by atoms with E-state index < -0.39 is 6.04 Å². The van der Waals surface area contributed by atoms with E-state index in [4.69, 9.17) is 5.73 Å². The molecule has 19 heavy (non-hydrogen) atoms. The van der Waals surface area contributed by atoms with Crippen LogP contribution >= 0.6 is 27.3 Å². The molecule has 4 nitrogen and oxygen atoms in total. The van der Waals surface area contributed by atoms with Gasteiger partial charge in [0.15, 0.2) is 0 Å². The molecule has 2 fully saturated rings. The summed E-state index contributed by atoms with van der Waals surface area (Å²) in [5, 5.41) is 1.88. The Morgan fingerprint density at radius 3 is 2.84 bits per heavy atom. The SMILES string of the molecule is NC(=O)C1C2CCCC2CN1C(=O)c1cc(Br)cs1. The van der Waals surface area contributed by atoms with E-state index in [0.29, 0.717) is 17.3 Å². The molecule has 3 atom stereocenters. The van der Waals surface area contributed by atoms with Crippen molar-refractivity contribution in [2.24, 2.45) is 17.6 Å². The van der Waals surface area contributed by atoms with Gasteiger partial charge in [-0.3, -0.25) is 9.59 Å². The summed E-state index contributed by atoms with van der Waals surface area (Å²) in [6.45, 7) is 0.673. The quantitative estimate of drug-likeness (QED) is 0.895. The Balaban J connectivity index is 1.87. The van der Waals surface area contributed by atoms with Crippen LogP contribution in [0.15, 0.2) is 15.9 Å². The molecule has 3 unspecified atom stereocenters. The lowest BCUT2D eigenvalue weighted by Crippen LogP contribution is -2.46. The van der Waals surface area contributed by atoms with Gasteiger partial charge in [0.25, 0.3) is 5.91 Å². The third-order valence-electron chi connectivity index (χ3n) is 4.22. The largest absolute Gasteiger partial charge is 0.368 e. The molecule has 0 radical (unpaired) electrons. The number of rotatable bonds is 2. The van der Waals surface area contributed by atoms with Crippen LogP contribution in [0.1, 0.15) is 28.9 Å². The van der Waals surface area contributed by atoms with Crippen molar-refractivity contribution < 1.29 is 9.59 Å². The molecule has 0 spiro atoms. The van der Waals surface area contributed by atoms with Crippen LogP contribution < -0.4 is 5.73 Å². The predicted molar refractivity (Wildman–Crippen MR) is 76.9 cm³/mol. The van der Waals surface area contributed by atoms with Crippen molar-refractivity contribution in [3.05, 3.63) is 20.8 Å². The first-order valence-electron chi connectivity index (χ1n) is 6.42. The topological polar surface area (TPSA) is 63.4 Å². The van der Waals surface area contributed by atoms with E-state index in [-0.39, 0.29) is 17.7 Å². The van der Waals surface area contributed by atoms with E-state index in [2.05, 4.69) is 15.9 Å². The summed E-state index contributed by atoms with van der Waals surface area (Å²) in [5.41, 5.74) is 5.53. The summed E-state index contributed by atoms with van der Waals surface area (Å²) in [4.78, 5) is 26.6. The van der Waals surface area contributed by atoms with E-state index in [1.54, 1.807) is 11.0 Å². The second kappa shape index (κ2) is 4.90. The molecular formula is C13H15BrN2O2S. The minimum absolute atomic E-state index is 0.0612. The van der Waals surface area contributed by atoms with Crippen molar-refractivity contribution in [2.45, 2.75) is 25.3 Å². The lowest BCUT2D eigenvalue weighted by atomic mass is 9.94. The van der Waals surface area contributed by atoms with Crippen molar-refractivity contribution in [3.63, 3.8) is 0 Å². The summed E-state index contributed by atoms with van der Waals surface area (Å²) < 4.78 is 0.899.